The first-order valence-electron chi connectivity index (χ1n) is 10.0. The van der Waals surface area contributed by atoms with Crippen molar-refractivity contribution >= 4 is 19.1 Å². The van der Waals surface area contributed by atoms with E-state index in [0.29, 0.717) is 16.5 Å². The number of hydrogen-bond acceptors (Lipinski definition) is 4. The highest BCUT2D eigenvalue weighted by Gasteiger charge is 2.36. The van der Waals surface area contributed by atoms with Gasteiger partial charge in [0.1, 0.15) is 17.3 Å². The van der Waals surface area contributed by atoms with E-state index in [4.69, 9.17) is 16.6 Å². The number of methoxy groups -OCH3 is 1. The van der Waals surface area contributed by atoms with Crippen LogP contribution in [0.1, 0.15) is 35.5 Å². The van der Waals surface area contributed by atoms with Crippen molar-refractivity contribution in [3.63, 3.8) is 0 Å². The molecule has 0 aliphatic carbocycles. The van der Waals surface area contributed by atoms with E-state index in [9.17, 15) is 9.50 Å². The van der Waals surface area contributed by atoms with E-state index in [1.54, 1.807) is 12.1 Å². The summed E-state index contributed by atoms with van der Waals surface area (Å²) in [6.07, 6.45) is 0.0769. The second-order valence-corrected chi connectivity index (χ2v) is 12.8. The zero-order valence-corrected chi connectivity index (χ0v) is 18.0. The number of aromatic hydroxyl groups is 1. The first-order chi connectivity index (χ1) is 13.3. The molecule has 1 N–H and O–H groups in total. The van der Waals surface area contributed by atoms with Crippen molar-refractivity contribution in [1.29, 1.82) is 0 Å². The smallest absolute Gasteiger partial charge is 0.191 e. The van der Waals surface area contributed by atoms with Gasteiger partial charge < -0.3 is 19.0 Å². The van der Waals surface area contributed by atoms with Crippen LogP contribution in [0.5, 0.6) is 11.5 Å². The van der Waals surface area contributed by atoms with Crippen LogP contribution in [0.15, 0.2) is 24.3 Å². The van der Waals surface area contributed by atoms with Crippen LogP contribution in [0, 0.1) is 5.82 Å². The van der Waals surface area contributed by atoms with Crippen molar-refractivity contribution in [3.05, 3.63) is 35.6 Å². The fourth-order valence-corrected chi connectivity index (χ4v) is 3.25. The summed E-state index contributed by atoms with van der Waals surface area (Å²) < 4.78 is 47.4. The van der Waals surface area contributed by atoms with Crippen LogP contribution in [0.4, 0.5) is 4.39 Å². The summed E-state index contributed by atoms with van der Waals surface area (Å²) in [6, 6.07) is 5.98. The van der Waals surface area contributed by atoms with Crippen LogP contribution in [0.25, 0.3) is 10.8 Å². The van der Waals surface area contributed by atoms with E-state index in [1.807, 2.05) is 33.9 Å². The Balaban J connectivity index is 2.30. The third-order valence-electron chi connectivity index (χ3n) is 5.07. The number of phenolic OH excluding ortho intramolecular Hbond substituents is 1. The Morgan fingerprint density at radius 2 is 1.93 bits per heavy atom. The molecule has 2 rings (SSSR count). The Kier molecular flexibility index (Phi) is 5.95. The molecular formula is C21H31FO4Si. The normalized spacial score (nSPS) is 14.2. The van der Waals surface area contributed by atoms with Gasteiger partial charge in [-0.1, -0.05) is 26.8 Å². The lowest BCUT2D eigenvalue weighted by Gasteiger charge is -2.36. The third-order valence-corrected chi connectivity index (χ3v) is 9.34. The van der Waals surface area contributed by atoms with Gasteiger partial charge in [-0.05, 0) is 54.1 Å². The molecule has 0 aromatic heterocycles. The molecule has 0 atom stereocenters. The zero-order chi connectivity index (χ0) is 22.0. The molecule has 0 heterocycles. The summed E-state index contributed by atoms with van der Waals surface area (Å²) >= 11 is 0. The van der Waals surface area contributed by atoms with E-state index in [0.717, 1.165) is 0 Å². The number of hydrogen-bond donors (Lipinski definition) is 1. The lowest BCUT2D eigenvalue weighted by molar-refractivity contribution is 0.0511. The Hall–Kier alpha value is -1.63. The Morgan fingerprint density at radius 3 is 2.56 bits per heavy atom. The highest BCUT2D eigenvalue weighted by molar-refractivity contribution is 6.74. The van der Waals surface area contributed by atoms with E-state index < -0.39 is 20.7 Å². The maximum absolute atomic E-state index is 14.6. The van der Waals surface area contributed by atoms with Crippen LogP contribution in [0.3, 0.4) is 0 Å². The summed E-state index contributed by atoms with van der Waals surface area (Å²) in [5.74, 6) is -0.193. The van der Waals surface area contributed by atoms with Gasteiger partial charge in [-0.15, -0.1) is 0 Å². The van der Waals surface area contributed by atoms with Gasteiger partial charge in [-0.25, -0.2) is 4.39 Å². The van der Waals surface area contributed by atoms with Gasteiger partial charge in [0.25, 0.3) is 0 Å². The van der Waals surface area contributed by atoms with Crippen LogP contribution in [-0.4, -0.2) is 33.9 Å². The molecule has 0 saturated heterocycles. The standard InChI is InChI=1S/C21H31FO4Si/c1-21(2,3)27(5,6)26-11-7-8-17-18(22)10-9-15-12-16(25-14-24-4)13-19(23)20(15)17/h9-10,12-13,23H,7-8,11,14H2,1-6H3/i11D2. The molecular weight excluding hydrogens is 363 g/mol. The minimum atomic E-state index is -2.32. The van der Waals surface area contributed by atoms with Gasteiger partial charge >= 0.3 is 0 Å². The van der Waals surface area contributed by atoms with Gasteiger partial charge in [0.05, 0.1) is 2.74 Å². The first-order valence-corrected chi connectivity index (χ1v) is 11.9. The van der Waals surface area contributed by atoms with Crippen LogP contribution in [0.2, 0.25) is 18.1 Å². The molecule has 2 aromatic rings. The lowest BCUT2D eigenvalue weighted by Crippen LogP contribution is -2.41. The monoisotopic (exact) mass is 396 g/mol. The molecule has 0 aliphatic rings. The summed E-state index contributed by atoms with van der Waals surface area (Å²) in [5, 5.41) is 11.3. The molecule has 0 bridgehead atoms. The summed E-state index contributed by atoms with van der Waals surface area (Å²) in [5.41, 5.74) is 0.265. The second-order valence-electron chi connectivity index (χ2n) is 8.12. The first kappa shape index (κ1) is 18.7. The van der Waals surface area contributed by atoms with Gasteiger partial charge in [0.15, 0.2) is 15.1 Å². The fourth-order valence-electron chi connectivity index (χ4n) is 2.48. The summed E-state index contributed by atoms with van der Waals surface area (Å²) in [4.78, 5) is 0. The molecule has 27 heavy (non-hydrogen) atoms. The van der Waals surface area contributed by atoms with E-state index in [2.05, 4.69) is 0 Å². The summed E-state index contributed by atoms with van der Waals surface area (Å²) in [7, 11) is -0.829. The zero-order valence-electron chi connectivity index (χ0n) is 19.0. The van der Waals surface area contributed by atoms with E-state index in [-0.39, 0.29) is 36.0 Å². The molecule has 150 valence electrons. The van der Waals surface area contributed by atoms with Gasteiger partial charge in [-0.3, -0.25) is 0 Å². The lowest BCUT2D eigenvalue weighted by atomic mass is 9.99. The van der Waals surface area contributed by atoms with Crippen LogP contribution >= 0.6 is 0 Å². The highest BCUT2D eigenvalue weighted by atomic mass is 28.4. The van der Waals surface area contributed by atoms with Crippen LogP contribution < -0.4 is 4.74 Å². The van der Waals surface area contributed by atoms with Gasteiger partial charge in [0.2, 0.25) is 0 Å². The molecule has 0 aliphatic heterocycles. The number of fused-ring (bicyclic) bond motifs is 1. The van der Waals surface area contributed by atoms with Crippen molar-refractivity contribution in [2.45, 2.75) is 51.7 Å². The maximum atomic E-state index is 14.6. The quantitative estimate of drug-likeness (QED) is 0.465. The minimum absolute atomic E-state index is 0.0170. The number of halogens is 1. The number of ether oxygens (including phenoxy) is 2. The Labute approximate surface area is 165 Å². The van der Waals surface area contributed by atoms with E-state index >= 15 is 0 Å². The SMILES string of the molecule is [2H]C([2H])(CCc1c(F)ccc2cc(OCOC)cc(O)c12)O[Si](C)(C)C(C)(C)C. The minimum Gasteiger partial charge on any atom is -0.507 e. The molecule has 0 spiro atoms. The molecule has 2 aromatic carbocycles. The van der Waals surface area contributed by atoms with Crippen molar-refractivity contribution in [2.75, 3.05) is 20.5 Å². The molecule has 0 unspecified atom stereocenters. The number of benzene rings is 2. The van der Waals surface area contributed by atoms with E-state index in [1.165, 1.54) is 19.2 Å². The molecule has 6 heteroatoms. The fraction of sp³-hybridized carbons (Fsp3) is 0.524. The number of rotatable bonds is 8. The molecule has 4 nitrogen and oxygen atoms in total. The average Bonchev–Trinajstić information content (AvgIpc) is 2.57. The number of phenols is 1. The maximum Gasteiger partial charge on any atom is 0.191 e. The second kappa shape index (κ2) is 8.58. The molecule has 0 fully saturated rings. The van der Waals surface area contributed by atoms with Crippen molar-refractivity contribution < 1.29 is 26.1 Å². The molecule has 0 radical (unpaired) electrons. The Morgan fingerprint density at radius 1 is 1.22 bits per heavy atom. The average molecular weight is 397 g/mol. The van der Waals surface area contributed by atoms with Crippen molar-refractivity contribution in [3.8, 4) is 11.5 Å². The highest BCUT2D eigenvalue weighted by Crippen LogP contribution is 2.37. The van der Waals surface area contributed by atoms with Crippen LogP contribution in [-0.2, 0) is 15.6 Å². The molecule has 0 saturated carbocycles. The van der Waals surface area contributed by atoms with Crippen molar-refractivity contribution in [1.82, 2.24) is 0 Å². The predicted octanol–water partition coefficient (Wildman–Crippen LogP) is 5.62. The van der Waals surface area contributed by atoms with Crippen molar-refractivity contribution in [2.24, 2.45) is 0 Å². The van der Waals surface area contributed by atoms with Gasteiger partial charge in [-0.2, -0.15) is 0 Å². The predicted molar refractivity (Wildman–Crippen MR) is 110 cm³/mol. The topological polar surface area (TPSA) is 47.9 Å². The molecule has 0 amide bonds. The largest absolute Gasteiger partial charge is 0.507 e. The Bertz CT molecular complexity index is 866. The third kappa shape index (κ3) is 5.21. The van der Waals surface area contributed by atoms with Gasteiger partial charge in [0, 0.05) is 25.1 Å². The summed E-state index contributed by atoms with van der Waals surface area (Å²) in [6.45, 7) is 8.23. The number of aryl methyl sites for hydroxylation is 1.